The number of urea groups is 1. The summed E-state index contributed by atoms with van der Waals surface area (Å²) in [7, 11) is 0. The standard InChI is InChI=1S/C15H27N3O3/c1-11(2)17-8-5-12(10-17)9-16-14(21)18-7-4-6-15(18,3)13(19)20/h11-12H,4-10H2,1-3H3,(H,16,21)(H,19,20). The van der Waals surface area contributed by atoms with Crippen molar-refractivity contribution in [3.8, 4) is 0 Å². The van der Waals surface area contributed by atoms with Crippen LogP contribution in [0.25, 0.3) is 0 Å². The molecule has 0 spiro atoms. The summed E-state index contributed by atoms with van der Waals surface area (Å²) in [5.74, 6) is -0.447. The smallest absolute Gasteiger partial charge is 0.329 e. The molecule has 2 unspecified atom stereocenters. The molecule has 2 amide bonds. The Balaban J connectivity index is 1.84. The van der Waals surface area contributed by atoms with Crippen molar-refractivity contribution in [2.24, 2.45) is 5.92 Å². The van der Waals surface area contributed by atoms with Gasteiger partial charge in [-0.05, 0) is 52.5 Å². The van der Waals surface area contributed by atoms with Gasteiger partial charge in [0.25, 0.3) is 0 Å². The van der Waals surface area contributed by atoms with E-state index in [1.165, 1.54) is 4.90 Å². The Labute approximate surface area is 126 Å². The van der Waals surface area contributed by atoms with Crippen LogP contribution in [0.3, 0.4) is 0 Å². The molecule has 2 rings (SSSR count). The van der Waals surface area contributed by atoms with Gasteiger partial charge in [-0.1, -0.05) is 0 Å². The molecule has 120 valence electrons. The number of nitrogens with one attached hydrogen (secondary N) is 1. The second kappa shape index (κ2) is 6.22. The van der Waals surface area contributed by atoms with Crippen molar-refractivity contribution in [1.82, 2.24) is 15.1 Å². The molecular formula is C15H27N3O3. The van der Waals surface area contributed by atoms with Gasteiger partial charge >= 0.3 is 12.0 Å². The molecule has 21 heavy (non-hydrogen) atoms. The molecule has 2 aliphatic heterocycles. The highest BCUT2D eigenvalue weighted by Crippen LogP contribution is 2.29. The number of nitrogens with zero attached hydrogens (tertiary/aromatic N) is 2. The fraction of sp³-hybridized carbons (Fsp3) is 0.867. The summed E-state index contributed by atoms with van der Waals surface area (Å²) in [6, 6.07) is 0.306. The molecule has 0 aromatic rings. The Hall–Kier alpha value is -1.30. The molecule has 0 radical (unpaired) electrons. The van der Waals surface area contributed by atoms with Crippen LogP contribution in [-0.4, -0.2) is 64.7 Å². The highest BCUT2D eigenvalue weighted by atomic mass is 16.4. The molecule has 2 aliphatic rings. The van der Waals surface area contributed by atoms with Crippen LogP contribution >= 0.6 is 0 Å². The van der Waals surface area contributed by atoms with Gasteiger partial charge in [-0.25, -0.2) is 9.59 Å². The van der Waals surface area contributed by atoms with Crippen LogP contribution in [0.2, 0.25) is 0 Å². The van der Waals surface area contributed by atoms with E-state index in [1.807, 2.05) is 0 Å². The van der Waals surface area contributed by atoms with Crippen LogP contribution in [0.1, 0.15) is 40.0 Å². The summed E-state index contributed by atoms with van der Waals surface area (Å²) in [6.07, 6.45) is 2.37. The molecule has 6 nitrogen and oxygen atoms in total. The summed E-state index contributed by atoms with van der Waals surface area (Å²) in [6.45, 7) is 9.25. The zero-order chi connectivity index (χ0) is 15.6. The number of carboxylic acid groups (broad SMARTS) is 1. The van der Waals surface area contributed by atoms with Crippen LogP contribution in [0, 0.1) is 5.92 Å². The maximum absolute atomic E-state index is 12.3. The number of carbonyl (C=O) groups is 2. The van der Waals surface area contributed by atoms with Gasteiger partial charge < -0.3 is 20.2 Å². The first kappa shape index (κ1) is 16.1. The number of hydrogen-bond donors (Lipinski definition) is 2. The highest BCUT2D eigenvalue weighted by Gasteiger charge is 2.46. The van der Waals surface area contributed by atoms with Gasteiger partial charge in [-0.3, -0.25) is 0 Å². The van der Waals surface area contributed by atoms with E-state index in [2.05, 4.69) is 24.1 Å². The van der Waals surface area contributed by atoms with Crippen LogP contribution in [0.15, 0.2) is 0 Å². The number of aliphatic carboxylic acids is 1. The zero-order valence-electron chi connectivity index (χ0n) is 13.3. The zero-order valence-corrected chi connectivity index (χ0v) is 13.3. The van der Waals surface area contributed by atoms with Crippen molar-refractivity contribution < 1.29 is 14.7 Å². The first-order valence-corrected chi connectivity index (χ1v) is 7.87. The molecule has 0 aromatic heterocycles. The van der Waals surface area contributed by atoms with Crippen molar-refractivity contribution in [3.05, 3.63) is 0 Å². The fourth-order valence-electron chi connectivity index (χ4n) is 3.34. The minimum atomic E-state index is -1.05. The van der Waals surface area contributed by atoms with E-state index in [9.17, 15) is 14.7 Å². The van der Waals surface area contributed by atoms with E-state index in [0.29, 0.717) is 31.5 Å². The maximum Gasteiger partial charge on any atom is 0.329 e. The minimum absolute atomic E-state index is 0.236. The van der Waals surface area contributed by atoms with Crippen LogP contribution in [0.4, 0.5) is 4.79 Å². The first-order valence-electron chi connectivity index (χ1n) is 7.87. The van der Waals surface area contributed by atoms with Gasteiger partial charge in [0.2, 0.25) is 0 Å². The van der Waals surface area contributed by atoms with Crippen LogP contribution in [0.5, 0.6) is 0 Å². The van der Waals surface area contributed by atoms with E-state index < -0.39 is 11.5 Å². The van der Waals surface area contributed by atoms with Gasteiger partial charge in [-0.15, -0.1) is 0 Å². The molecule has 0 saturated carbocycles. The normalized spacial score (nSPS) is 30.1. The highest BCUT2D eigenvalue weighted by molar-refractivity contribution is 5.86. The second-order valence-electron chi connectivity index (χ2n) is 6.76. The van der Waals surface area contributed by atoms with Crippen molar-refractivity contribution in [1.29, 1.82) is 0 Å². The Bertz CT molecular complexity index is 413. The summed E-state index contributed by atoms with van der Waals surface area (Å²) in [4.78, 5) is 27.6. The van der Waals surface area contributed by atoms with E-state index >= 15 is 0 Å². The average Bonchev–Trinajstić information content (AvgIpc) is 3.03. The van der Waals surface area contributed by atoms with E-state index in [-0.39, 0.29) is 6.03 Å². The van der Waals surface area contributed by atoms with Gasteiger partial charge in [0.15, 0.2) is 0 Å². The number of amides is 2. The van der Waals surface area contributed by atoms with Gasteiger partial charge in [0.1, 0.15) is 5.54 Å². The Kier molecular flexibility index (Phi) is 4.76. The lowest BCUT2D eigenvalue weighted by atomic mass is 10.00. The molecule has 2 fully saturated rings. The third kappa shape index (κ3) is 3.31. The summed E-state index contributed by atoms with van der Waals surface area (Å²) < 4.78 is 0. The Morgan fingerprint density at radius 1 is 1.38 bits per heavy atom. The fourth-order valence-corrected chi connectivity index (χ4v) is 3.34. The second-order valence-corrected chi connectivity index (χ2v) is 6.76. The topological polar surface area (TPSA) is 72.9 Å². The summed E-state index contributed by atoms with van der Waals surface area (Å²) in [5.41, 5.74) is -1.05. The van der Waals surface area contributed by atoms with E-state index in [4.69, 9.17) is 0 Å². The van der Waals surface area contributed by atoms with E-state index in [1.54, 1.807) is 6.92 Å². The summed E-state index contributed by atoms with van der Waals surface area (Å²) >= 11 is 0. The molecule has 2 heterocycles. The number of rotatable bonds is 4. The number of carboxylic acids is 1. The lowest BCUT2D eigenvalue weighted by Gasteiger charge is -2.31. The molecule has 0 aliphatic carbocycles. The molecule has 2 atom stereocenters. The quantitative estimate of drug-likeness (QED) is 0.822. The minimum Gasteiger partial charge on any atom is -0.480 e. The van der Waals surface area contributed by atoms with Crippen molar-refractivity contribution in [2.45, 2.75) is 51.6 Å². The van der Waals surface area contributed by atoms with Gasteiger partial charge in [-0.2, -0.15) is 0 Å². The average molecular weight is 297 g/mol. The molecule has 0 aromatic carbocycles. The van der Waals surface area contributed by atoms with Gasteiger partial charge in [0, 0.05) is 25.7 Å². The predicted molar refractivity (Wildman–Crippen MR) is 80.2 cm³/mol. The van der Waals surface area contributed by atoms with E-state index in [0.717, 1.165) is 25.9 Å². The Morgan fingerprint density at radius 3 is 2.67 bits per heavy atom. The van der Waals surface area contributed by atoms with Gasteiger partial charge in [0.05, 0.1) is 0 Å². The third-order valence-corrected chi connectivity index (χ3v) is 4.94. The number of hydrogen-bond acceptors (Lipinski definition) is 3. The third-order valence-electron chi connectivity index (χ3n) is 4.94. The summed E-state index contributed by atoms with van der Waals surface area (Å²) in [5, 5.41) is 12.3. The maximum atomic E-state index is 12.3. The molecule has 2 N–H and O–H groups in total. The van der Waals surface area contributed by atoms with Crippen molar-refractivity contribution >= 4 is 12.0 Å². The van der Waals surface area contributed by atoms with Crippen molar-refractivity contribution in [2.75, 3.05) is 26.2 Å². The SMILES string of the molecule is CC(C)N1CCC(CNC(=O)N2CCCC2(C)C(=O)O)C1. The monoisotopic (exact) mass is 297 g/mol. The van der Waals surface area contributed by atoms with Crippen LogP contribution in [-0.2, 0) is 4.79 Å². The lowest BCUT2D eigenvalue weighted by molar-refractivity contribution is -0.147. The molecule has 2 saturated heterocycles. The molecule has 6 heteroatoms. The molecule has 0 bridgehead atoms. The Morgan fingerprint density at radius 2 is 2.10 bits per heavy atom. The van der Waals surface area contributed by atoms with Crippen LogP contribution < -0.4 is 5.32 Å². The molecular weight excluding hydrogens is 270 g/mol. The number of carbonyl (C=O) groups excluding carboxylic acids is 1. The first-order chi connectivity index (χ1) is 9.84. The lowest BCUT2D eigenvalue weighted by Crippen LogP contribution is -2.54. The number of likely N-dealkylation sites (tertiary alicyclic amines) is 2. The largest absolute Gasteiger partial charge is 0.480 e. The predicted octanol–water partition coefficient (Wildman–Crippen LogP) is 1.37. The van der Waals surface area contributed by atoms with Crippen molar-refractivity contribution in [3.63, 3.8) is 0 Å².